The molecule has 0 aromatic carbocycles. The zero-order valence-corrected chi connectivity index (χ0v) is 10.3. The molecule has 96 valence electrons. The minimum Gasteiger partial charge on any atom is -0.469 e. The summed E-state index contributed by atoms with van der Waals surface area (Å²) in [5.74, 6) is 0.205. The molecule has 0 amide bonds. The molecule has 0 aromatic rings. The van der Waals surface area contributed by atoms with Gasteiger partial charge in [0.05, 0.1) is 19.1 Å². The second-order valence-electron chi connectivity index (χ2n) is 5.70. The first kappa shape index (κ1) is 11.5. The number of methoxy groups -OCH3 is 1. The largest absolute Gasteiger partial charge is 0.469 e. The maximum Gasteiger partial charge on any atom is 0.308 e. The molecular weight excluding hydrogens is 218 g/mol. The lowest BCUT2D eigenvalue weighted by molar-refractivity contribution is -0.147. The van der Waals surface area contributed by atoms with E-state index in [0.717, 1.165) is 32.2 Å². The Morgan fingerprint density at radius 3 is 2.88 bits per heavy atom. The number of hydrogen-bond donors (Lipinski definition) is 1. The van der Waals surface area contributed by atoms with E-state index in [-0.39, 0.29) is 23.9 Å². The van der Waals surface area contributed by atoms with Crippen molar-refractivity contribution in [3.63, 3.8) is 0 Å². The molecule has 2 saturated heterocycles. The van der Waals surface area contributed by atoms with Crippen molar-refractivity contribution in [2.45, 2.75) is 50.3 Å². The number of carbonyl (C=O) groups is 1. The predicted octanol–water partition coefficient (Wildman–Crippen LogP) is 0.783. The highest BCUT2D eigenvalue weighted by atomic mass is 16.5. The summed E-state index contributed by atoms with van der Waals surface area (Å²) in [6.45, 7) is 1.13. The fourth-order valence-electron chi connectivity index (χ4n) is 4.23. The van der Waals surface area contributed by atoms with Gasteiger partial charge in [-0.05, 0) is 38.6 Å². The average Bonchev–Trinajstić information content (AvgIpc) is 2.92. The van der Waals surface area contributed by atoms with Gasteiger partial charge in [-0.15, -0.1) is 0 Å². The average molecular weight is 239 g/mol. The molecule has 4 nitrogen and oxygen atoms in total. The molecule has 2 aliphatic heterocycles. The van der Waals surface area contributed by atoms with Gasteiger partial charge in [-0.2, -0.15) is 0 Å². The zero-order chi connectivity index (χ0) is 12.0. The third-order valence-electron chi connectivity index (χ3n) is 5.00. The Bertz CT molecular complexity index is 320. The Balaban J connectivity index is 1.73. The second-order valence-corrected chi connectivity index (χ2v) is 5.70. The van der Waals surface area contributed by atoms with Gasteiger partial charge in [0, 0.05) is 18.0 Å². The van der Waals surface area contributed by atoms with Crippen molar-refractivity contribution >= 4 is 5.97 Å². The minimum atomic E-state index is -0.227. The quantitative estimate of drug-likeness (QED) is 0.687. The van der Waals surface area contributed by atoms with E-state index in [1.165, 1.54) is 13.5 Å². The van der Waals surface area contributed by atoms with Gasteiger partial charge in [-0.25, -0.2) is 0 Å². The number of carbonyl (C=O) groups excluding carboxylic acids is 1. The van der Waals surface area contributed by atoms with Crippen LogP contribution in [0.5, 0.6) is 0 Å². The van der Waals surface area contributed by atoms with Gasteiger partial charge in [-0.3, -0.25) is 9.69 Å². The standard InChI is InChI=1S/C13H21NO3/c1-17-13(16)8-4-5-10-9(7-8)12(15)11-3-2-6-14(10)11/h8-12,15H,2-7H2,1H3/t8-,9+,10-,11-,12-/m1/s1. The van der Waals surface area contributed by atoms with Crippen molar-refractivity contribution in [2.24, 2.45) is 11.8 Å². The van der Waals surface area contributed by atoms with E-state index in [9.17, 15) is 9.90 Å². The van der Waals surface area contributed by atoms with E-state index in [4.69, 9.17) is 4.74 Å². The first-order chi connectivity index (χ1) is 8.22. The summed E-state index contributed by atoms with van der Waals surface area (Å²) in [5, 5.41) is 10.4. The van der Waals surface area contributed by atoms with Gasteiger partial charge < -0.3 is 9.84 Å². The highest BCUT2D eigenvalue weighted by molar-refractivity contribution is 5.72. The summed E-state index contributed by atoms with van der Waals surface area (Å²) < 4.78 is 4.83. The minimum absolute atomic E-state index is 0.0101. The normalized spacial score (nSPS) is 45.4. The summed E-state index contributed by atoms with van der Waals surface area (Å²) in [5.41, 5.74) is 0. The van der Waals surface area contributed by atoms with Crippen molar-refractivity contribution < 1.29 is 14.6 Å². The molecule has 1 saturated carbocycles. The first-order valence-electron chi connectivity index (χ1n) is 6.74. The molecule has 0 unspecified atom stereocenters. The highest BCUT2D eigenvalue weighted by Crippen LogP contribution is 2.45. The molecule has 0 bridgehead atoms. The lowest BCUT2D eigenvalue weighted by Crippen LogP contribution is -2.39. The van der Waals surface area contributed by atoms with Gasteiger partial charge in [0.15, 0.2) is 0 Å². The molecule has 2 heterocycles. The van der Waals surface area contributed by atoms with Crippen molar-refractivity contribution in [3.05, 3.63) is 0 Å². The van der Waals surface area contributed by atoms with E-state index in [1.807, 2.05) is 0 Å². The highest BCUT2D eigenvalue weighted by Gasteiger charge is 2.52. The third kappa shape index (κ3) is 1.69. The zero-order valence-electron chi connectivity index (χ0n) is 10.3. The van der Waals surface area contributed by atoms with Crippen molar-refractivity contribution in [1.82, 2.24) is 4.90 Å². The predicted molar refractivity (Wildman–Crippen MR) is 62.4 cm³/mol. The molecular formula is C13H21NO3. The molecule has 5 atom stereocenters. The molecule has 3 aliphatic rings. The fraction of sp³-hybridized carbons (Fsp3) is 0.923. The Morgan fingerprint density at radius 1 is 1.29 bits per heavy atom. The van der Waals surface area contributed by atoms with Crippen LogP contribution >= 0.6 is 0 Å². The van der Waals surface area contributed by atoms with Crippen molar-refractivity contribution in [2.75, 3.05) is 13.7 Å². The van der Waals surface area contributed by atoms with Crippen LogP contribution in [0, 0.1) is 11.8 Å². The van der Waals surface area contributed by atoms with Crippen LogP contribution in [-0.2, 0) is 9.53 Å². The number of aliphatic hydroxyl groups is 1. The molecule has 0 spiro atoms. The third-order valence-corrected chi connectivity index (χ3v) is 5.00. The number of hydrogen-bond acceptors (Lipinski definition) is 4. The summed E-state index contributed by atoms with van der Waals surface area (Å²) in [4.78, 5) is 14.1. The maximum atomic E-state index is 11.6. The molecule has 3 rings (SSSR count). The van der Waals surface area contributed by atoms with Crippen LogP contribution in [0.2, 0.25) is 0 Å². The monoisotopic (exact) mass is 239 g/mol. The summed E-state index contributed by atoms with van der Waals surface area (Å²) in [6, 6.07) is 0.875. The number of fused-ring (bicyclic) bond motifs is 3. The fourth-order valence-corrected chi connectivity index (χ4v) is 4.23. The molecule has 1 N–H and O–H groups in total. The van der Waals surface area contributed by atoms with E-state index in [2.05, 4.69) is 4.90 Å². The van der Waals surface area contributed by atoms with Crippen LogP contribution in [0.3, 0.4) is 0 Å². The molecule has 0 aromatic heterocycles. The van der Waals surface area contributed by atoms with Crippen LogP contribution < -0.4 is 0 Å². The van der Waals surface area contributed by atoms with Gasteiger partial charge >= 0.3 is 5.97 Å². The second kappa shape index (κ2) is 4.25. The Hall–Kier alpha value is -0.610. The molecule has 4 heteroatoms. The smallest absolute Gasteiger partial charge is 0.308 e. The number of esters is 1. The lowest BCUT2D eigenvalue weighted by Gasteiger charge is -2.34. The van der Waals surface area contributed by atoms with Crippen LogP contribution in [-0.4, -0.2) is 47.8 Å². The first-order valence-corrected chi connectivity index (χ1v) is 6.74. The molecule has 0 radical (unpaired) electrons. The van der Waals surface area contributed by atoms with Crippen molar-refractivity contribution in [1.29, 1.82) is 0 Å². The summed E-state index contributed by atoms with van der Waals surface area (Å²) in [7, 11) is 1.46. The van der Waals surface area contributed by atoms with Crippen LogP contribution in [0.25, 0.3) is 0 Å². The van der Waals surface area contributed by atoms with Gasteiger partial charge in [0.1, 0.15) is 0 Å². The van der Waals surface area contributed by atoms with Gasteiger partial charge in [-0.1, -0.05) is 0 Å². The van der Waals surface area contributed by atoms with Crippen LogP contribution in [0.1, 0.15) is 32.1 Å². The van der Waals surface area contributed by atoms with Crippen LogP contribution in [0.15, 0.2) is 0 Å². The van der Waals surface area contributed by atoms with Gasteiger partial charge in [0.25, 0.3) is 0 Å². The maximum absolute atomic E-state index is 11.6. The van der Waals surface area contributed by atoms with Crippen molar-refractivity contribution in [3.8, 4) is 0 Å². The van der Waals surface area contributed by atoms with E-state index >= 15 is 0 Å². The summed E-state index contributed by atoms with van der Waals surface area (Å²) >= 11 is 0. The Labute approximate surface area is 102 Å². The summed E-state index contributed by atoms with van der Waals surface area (Å²) in [6.07, 6.45) is 4.88. The number of nitrogens with zero attached hydrogens (tertiary/aromatic N) is 1. The van der Waals surface area contributed by atoms with E-state index in [1.54, 1.807) is 0 Å². The number of ether oxygens (including phenoxy) is 1. The van der Waals surface area contributed by atoms with Gasteiger partial charge in [0.2, 0.25) is 0 Å². The Kier molecular flexibility index (Phi) is 2.87. The van der Waals surface area contributed by atoms with Crippen LogP contribution in [0.4, 0.5) is 0 Å². The molecule has 1 aliphatic carbocycles. The number of rotatable bonds is 1. The number of aliphatic hydroxyl groups excluding tert-OH is 1. The molecule has 3 fully saturated rings. The lowest BCUT2D eigenvalue weighted by atomic mass is 9.76. The SMILES string of the molecule is COC(=O)[C@@H]1CC[C@@H]2[C@H](C1)[C@@H](O)[C@H]1CCCN12. The topological polar surface area (TPSA) is 49.8 Å². The molecule has 17 heavy (non-hydrogen) atoms. The van der Waals surface area contributed by atoms with E-state index in [0.29, 0.717) is 12.1 Å². The Morgan fingerprint density at radius 2 is 2.12 bits per heavy atom. The van der Waals surface area contributed by atoms with E-state index < -0.39 is 0 Å².